The molecule has 0 aromatic heterocycles. The van der Waals surface area contributed by atoms with Gasteiger partial charge in [-0.2, -0.15) is 0 Å². The lowest BCUT2D eigenvalue weighted by Crippen LogP contribution is -2.53. The average molecular weight is 292 g/mol. The Morgan fingerprint density at radius 2 is 1.57 bits per heavy atom. The molecule has 0 aliphatic heterocycles. The van der Waals surface area contributed by atoms with Crippen molar-refractivity contribution in [2.75, 3.05) is 13.1 Å². The Bertz CT molecular complexity index is 356. The first kappa shape index (κ1) is 15.3. The van der Waals surface area contributed by atoms with E-state index >= 15 is 0 Å². The van der Waals surface area contributed by atoms with Crippen molar-refractivity contribution in [2.24, 2.45) is 34.3 Å². The molecule has 3 heteroatoms. The number of nitrogens with two attached hydrogens (primary N) is 1. The van der Waals surface area contributed by atoms with E-state index in [4.69, 9.17) is 5.73 Å². The number of hydrogen-bond acceptors (Lipinski definition) is 2. The number of rotatable bonds is 6. The number of carbonyl (C=O) groups is 1. The van der Waals surface area contributed by atoms with E-state index in [1.54, 1.807) is 0 Å². The van der Waals surface area contributed by atoms with Gasteiger partial charge in [-0.15, -0.1) is 0 Å². The molecule has 0 aromatic rings. The van der Waals surface area contributed by atoms with Gasteiger partial charge >= 0.3 is 0 Å². The molecule has 0 atom stereocenters. The highest BCUT2D eigenvalue weighted by Crippen LogP contribution is 2.59. The minimum absolute atomic E-state index is 0.200. The van der Waals surface area contributed by atoms with Crippen LogP contribution in [-0.2, 0) is 4.79 Å². The fraction of sp³-hybridized carbons (Fsp3) is 0.944. The van der Waals surface area contributed by atoms with Crippen LogP contribution in [0.5, 0.6) is 0 Å². The Labute approximate surface area is 129 Å². The van der Waals surface area contributed by atoms with Crippen LogP contribution < -0.4 is 11.1 Å². The fourth-order valence-electron chi connectivity index (χ4n) is 5.91. The molecule has 3 nitrogen and oxygen atoms in total. The zero-order chi connectivity index (χ0) is 15.1. The van der Waals surface area contributed by atoms with Crippen molar-refractivity contribution in [3.05, 3.63) is 0 Å². The van der Waals surface area contributed by atoms with E-state index in [1.165, 1.54) is 38.5 Å². The van der Waals surface area contributed by atoms with Gasteiger partial charge in [0.05, 0.1) is 5.41 Å². The summed E-state index contributed by atoms with van der Waals surface area (Å²) in [4.78, 5) is 12.7. The number of nitrogens with one attached hydrogen (secondary N) is 1. The summed E-state index contributed by atoms with van der Waals surface area (Å²) >= 11 is 0. The van der Waals surface area contributed by atoms with Crippen molar-refractivity contribution in [1.29, 1.82) is 0 Å². The predicted octanol–water partition coefficient (Wildman–Crippen LogP) is 3.08. The summed E-state index contributed by atoms with van der Waals surface area (Å²) in [6.07, 6.45) is 10.1. The third kappa shape index (κ3) is 2.62. The molecule has 4 bridgehead atoms. The van der Waals surface area contributed by atoms with E-state index in [2.05, 4.69) is 19.2 Å². The Kier molecular flexibility index (Phi) is 4.06. The van der Waals surface area contributed by atoms with Gasteiger partial charge in [0.25, 0.3) is 0 Å². The molecule has 0 radical (unpaired) electrons. The SMILES string of the molecule is CCC(CC)(CN)C(=O)NCC12CC3CC(CC(C3)C1)C2. The van der Waals surface area contributed by atoms with Crippen LogP contribution in [0.25, 0.3) is 0 Å². The molecular formula is C18H32N2O. The molecule has 120 valence electrons. The van der Waals surface area contributed by atoms with Crippen molar-refractivity contribution < 1.29 is 4.79 Å². The first-order valence-corrected chi connectivity index (χ1v) is 9.03. The topological polar surface area (TPSA) is 55.1 Å². The summed E-state index contributed by atoms with van der Waals surface area (Å²) in [5.74, 6) is 3.05. The zero-order valence-corrected chi connectivity index (χ0v) is 13.8. The molecule has 4 fully saturated rings. The van der Waals surface area contributed by atoms with E-state index in [0.717, 1.165) is 37.1 Å². The Balaban J connectivity index is 1.63. The van der Waals surface area contributed by atoms with Crippen LogP contribution in [-0.4, -0.2) is 19.0 Å². The lowest BCUT2D eigenvalue weighted by Gasteiger charge is -2.57. The quantitative estimate of drug-likeness (QED) is 0.790. The maximum atomic E-state index is 12.7. The van der Waals surface area contributed by atoms with Gasteiger partial charge < -0.3 is 11.1 Å². The summed E-state index contributed by atoms with van der Waals surface area (Å²) in [7, 11) is 0. The van der Waals surface area contributed by atoms with Crippen LogP contribution in [0.4, 0.5) is 0 Å². The third-order valence-electron chi connectivity index (χ3n) is 7.01. The van der Waals surface area contributed by atoms with E-state index in [9.17, 15) is 4.79 Å². The first-order valence-electron chi connectivity index (χ1n) is 9.03. The largest absolute Gasteiger partial charge is 0.355 e. The molecule has 0 spiro atoms. The van der Waals surface area contributed by atoms with Crippen LogP contribution in [0.3, 0.4) is 0 Å². The number of amides is 1. The molecule has 4 aliphatic carbocycles. The lowest BCUT2D eigenvalue weighted by molar-refractivity contribution is -0.133. The second kappa shape index (κ2) is 5.57. The van der Waals surface area contributed by atoms with Crippen LogP contribution >= 0.6 is 0 Å². The monoisotopic (exact) mass is 292 g/mol. The normalized spacial score (nSPS) is 37.8. The van der Waals surface area contributed by atoms with Gasteiger partial charge in [0.1, 0.15) is 0 Å². The second-order valence-corrected chi connectivity index (χ2v) is 8.29. The molecule has 21 heavy (non-hydrogen) atoms. The number of carbonyl (C=O) groups excluding carboxylic acids is 1. The smallest absolute Gasteiger partial charge is 0.227 e. The molecule has 0 aromatic carbocycles. The molecular weight excluding hydrogens is 260 g/mol. The third-order valence-corrected chi connectivity index (χ3v) is 7.01. The van der Waals surface area contributed by atoms with Crippen molar-refractivity contribution in [3.8, 4) is 0 Å². The molecule has 0 heterocycles. The standard InChI is InChI=1S/C18H32N2O/c1-3-18(4-2,11-19)16(21)20-12-17-8-13-5-14(9-17)7-15(6-13)10-17/h13-15H,3-12,19H2,1-2H3,(H,20,21). The van der Waals surface area contributed by atoms with E-state index in [1.807, 2.05) is 0 Å². The lowest BCUT2D eigenvalue weighted by atomic mass is 9.49. The Morgan fingerprint density at radius 1 is 1.10 bits per heavy atom. The second-order valence-electron chi connectivity index (χ2n) is 8.29. The summed E-state index contributed by atoms with van der Waals surface area (Å²) in [5, 5.41) is 3.31. The Hall–Kier alpha value is -0.570. The summed E-state index contributed by atoms with van der Waals surface area (Å²) < 4.78 is 0. The molecule has 3 N–H and O–H groups in total. The van der Waals surface area contributed by atoms with Gasteiger partial charge in [-0.3, -0.25) is 4.79 Å². The van der Waals surface area contributed by atoms with E-state index < -0.39 is 0 Å². The van der Waals surface area contributed by atoms with Gasteiger partial charge in [0, 0.05) is 13.1 Å². The highest BCUT2D eigenvalue weighted by Gasteiger charge is 2.51. The minimum Gasteiger partial charge on any atom is -0.355 e. The van der Waals surface area contributed by atoms with Crippen LogP contribution in [0.15, 0.2) is 0 Å². The van der Waals surface area contributed by atoms with Crippen molar-refractivity contribution in [1.82, 2.24) is 5.32 Å². The van der Waals surface area contributed by atoms with Gasteiger partial charge in [0.15, 0.2) is 0 Å². The minimum atomic E-state index is -0.345. The molecule has 1 amide bonds. The highest BCUT2D eigenvalue weighted by atomic mass is 16.2. The average Bonchev–Trinajstić information content (AvgIpc) is 2.46. The summed E-state index contributed by atoms with van der Waals surface area (Å²) in [6.45, 7) is 5.53. The zero-order valence-electron chi connectivity index (χ0n) is 13.8. The van der Waals surface area contributed by atoms with Crippen LogP contribution in [0.2, 0.25) is 0 Å². The van der Waals surface area contributed by atoms with Gasteiger partial charge in [-0.1, -0.05) is 13.8 Å². The van der Waals surface area contributed by atoms with Crippen molar-refractivity contribution in [2.45, 2.75) is 65.2 Å². The molecule has 4 rings (SSSR count). The van der Waals surface area contributed by atoms with E-state index in [0.29, 0.717) is 12.0 Å². The molecule has 4 aliphatic rings. The molecule has 0 unspecified atom stereocenters. The van der Waals surface area contributed by atoms with Crippen LogP contribution in [0.1, 0.15) is 65.2 Å². The highest BCUT2D eigenvalue weighted by molar-refractivity contribution is 5.82. The van der Waals surface area contributed by atoms with Gasteiger partial charge in [-0.25, -0.2) is 0 Å². The summed E-state index contributed by atoms with van der Waals surface area (Å²) in [5.41, 5.74) is 5.98. The van der Waals surface area contributed by atoms with Gasteiger partial charge in [-0.05, 0) is 74.5 Å². The van der Waals surface area contributed by atoms with Crippen LogP contribution in [0, 0.1) is 28.6 Å². The predicted molar refractivity (Wildman–Crippen MR) is 85.7 cm³/mol. The van der Waals surface area contributed by atoms with Gasteiger partial charge in [0.2, 0.25) is 5.91 Å². The number of hydrogen-bond donors (Lipinski definition) is 2. The maximum absolute atomic E-state index is 12.7. The first-order chi connectivity index (χ1) is 10.0. The fourth-order valence-corrected chi connectivity index (χ4v) is 5.91. The summed E-state index contributed by atoms with van der Waals surface area (Å²) in [6, 6.07) is 0. The van der Waals surface area contributed by atoms with E-state index in [-0.39, 0.29) is 11.3 Å². The van der Waals surface area contributed by atoms with Crippen molar-refractivity contribution in [3.63, 3.8) is 0 Å². The molecule has 0 saturated heterocycles. The maximum Gasteiger partial charge on any atom is 0.227 e. The molecule has 4 saturated carbocycles. The Morgan fingerprint density at radius 3 is 1.95 bits per heavy atom. The van der Waals surface area contributed by atoms with Crippen molar-refractivity contribution >= 4 is 5.91 Å².